The largest absolute Gasteiger partial charge is 0.481 e. The van der Waals surface area contributed by atoms with Crippen molar-refractivity contribution in [3.05, 3.63) is 0 Å². The van der Waals surface area contributed by atoms with Crippen LogP contribution in [-0.2, 0) is 4.79 Å². The van der Waals surface area contributed by atoms with Gasteiger partial charge in [-0.1, -0.05) is 39.0 Å². The quantitative estimate of drug-likeness (QED) is 0.594. The Morgan fingerprint density at radius 2 is 1.79 bits per heavy atom. The fourth-order valence-corrected chi connectivity index (χ4v) is 1.37. The maximum absolute atomic E-state index is 10.5. The molecule has 0 radical (unpaired) electrons. The summed E-state index contributed by atoms with van der Waals surface area (Å²) in [6.45, 7) is 3.71. The Bertz CT molecular complexity index is 157. The second kappa shape index (κ2) is 7.80. The molecule has 0 bridgehead atoms. The van der Waals surface area contributed by atoms with Gasteiger partial charge in [0.25, 0.3) is 0 Å². The minimum absolute atomic E-state index is 0.608. The third kappa shape index (κ3) is 5.97. The smallest absolute Gasteiger partial charge is 0.308 e. The molecule has 0 saturated carbocycles. The molecule has 0 rings (SSSR count). The number of aliphatic hydroxyl groups excluding tert-OH is 1. The van der Waals surface area contributed by atoms with E-state index in [1.54, 1.807) is 6.92 Å². The van der Waals surface area contributed by atoms with Crippen LogP contribution in [0.15, 0.2) is 0 Å². The Hall–Kier alpha value is -0.570. The molecular weight excluding hydrogens is 180 g/mol. The van der Waals surface area contributed by atoms with Gasteiger partial charge in [-0.3, -0.25) is 4.79 Å². The third-order valence-electron chi connectivity index (χ3n) is 2.57. The second-order valence-electron chi connectivity index (χ2n) is 3.90. The van der Waals surface area contributed by atoms with E-state index in [0.717, 1.165) is 12.8 Å². The van der Waals surface area contributed by atoms with Crippen LogP contribution >= 0.6 is 0 Å². The molecule has 0 aliphatic rings. The Morgan fingerprint density at radius 1 is 1.21 bits per heavy atom. The van der Waals surface area contributed by atoms with Gasteiger partial charge in [0.05, 0.1) is 12.0 Å². The number of carboxylic acid groups (broad SMARTS) is 1. The molecule has 0 aromatic rings. The molecule has 3 heteroatoms. The maximum atomic E-state index is 10.5. The topological polar surface area (TPSA) is 57.5 Å². The zero-order valence-corrected chi connectivity index (χ0v) is 9.20. The van der Waals surface area contributed by atoms with Crippen molar-refractivity contribution in [1.82, 2.24) is 0 Å². The summed E-state index contributed by atoms with van der Waals surface area (Å²) in [4.78, 5) is 10.5. The summed E-state index contributed by atoms with van der Waals surface area (Å²) in [7, 11) is 0. The van der Waals surface area contributed by atoms with E-state index in [4.69, 9.17) is 5.11 Å². The lowest BCUT2D eigenvalue weighted by atomic mass is 9.99. The molecule has 0 amide bonds. The predicted octanol–water partition coefficient (Wildman–Crippen LogP) is 2.43. The van der Waals surface area contributed by atoms with Crippen LogP contribution in [0.25, 0.3) is 0 Å². The van der Waals surface area contributed by atoms with Gasteiger partial charge in [-0.05, 0) is 13.3 Å². The van der Waals surface area contributed by atoms with Crippen LogP contribution in [0.4, 0.5) is 0 Å². The molecule has 2 N–H and O–H groups in total. The molecule has 3 nitrogen and oxygen atoms in total. The van der Waals surface area contributed by atoms with E-state index >= 15 is 0 Å². The highest BCUT2D eigenvalue weighted by molar-refractivity contribution is 5.70. The molecule has 0 unspecified atom stereocenters. The van der Waals surface area contributed by atoms with E-state index < -0.39 is 18.0 Å². The Morgan fingerprint density at radius 3 is 2.29 bits per heavy atom. The maximum Gasteiger partial charge on any atom is 0.308 e. The fraction of sp³-hybridized carbons (Fsp3) is 0.909. The molecule has 0 aliphatic carbocycles. The highest BCUT2D eigenvalue weighted by atomic mass is 16.4. The molecule has 0 aromatic carbocycles. The summed E-state index contributed by atoms with van der Waals surface area (Å²) in [5.41, 5.74) is 0. The van der Waals surface area contributed by atoms with Gasteiger partial charge < -0.3 is 10.2 Å². The average molecular weight is 202 g/mol. The van der Waals surface area contributed by atoms with Crippen LogP contribution in [0, 0.1) is 5.92 Å². The molecule has 0 heterocycles. The summed E-state index contributed by atoms with van der Waals surface area (Å²) >= 11 is 0. The number of aliphatic hydroxyl groups is 1. The average Bonchev–Trinajstić information content (AvgIpc) is 2.16. The zero-order valence-electron chi connectivity index (χ0n) is 9.20. The number of hydrogen-bond donors (Lipinski definition) is 2. The van der Waals surface area contributed by atoms with Gasteiger partial charge in [-0.2, -0.15) is 0 Å². The Labute approximate surface area is 86.1 Å². The van der Waals surface area contributed by atoms with Crippen molar-refractivity contribution in [2.24, 2.45) is 5.92 Å². The number of hydrogen-bond acceptors (Lipinski definition) is 2. The second-order valence-corrected chi connectivity index (χ2v) is 3.90. The number of aliphatic carboxylic acids is 1. The first-order valence-corrected chi connectivity index (χ1v) is 5.50. The SMILES string of the molecule is CCCCCCC[C@@H](O)[C@H](C)C(=O)O. The summed E-state index contributed by atoms with van der Waals surface area (Å²) in [6.07, 6.45) is 5.56. The molecule has 84 valence electrons. The van der Waals surface area contributed by atoms with Gasteiger partial charge in [0.1, 0.15) is 0 Å². The molecular formula is C11H22O3. The van der Waals surface area contributed by atoms with Crippen molar-refractivity contribution in [2.75, 3.05) is 0 Å². The number of carboxylic acids is 1. The van der Waals surface area contributed by atoms with Gasteiger partial charge in [0, 0.05) is 0 Å². The molecule has 0 spiro atoms. The van der Waals surface area contributed by atoms with Crippen LogP contribution in [0.2, 0.25) is 0 Å². The normalized spacial score (nSPS) is 15.1. The summed E-state index contributed by atoms with van der Waals surface area (Å²) in [5.74, 6) is -1.55. The minimum Gasteiger partial charge on any atom is -0.481 e. The van der Waals surface area contributed by atoms with Crippen LogP contribution in [0.5, 0.6) is 0 Å². The van der Waals surface area contributed by atoms with Gasteiger partial charge in [0.2, 0.25) is 0 Å². The van der Waals surface area contributed by atoms with Gasteiger partial charge in [-0.25, -0.2) is 0 Å². The van der Waals surface area contributed by atoms with Crippen molar-refractivity contribution in [1.29, 1.82) is 0 Å². The lowest BCUT2D eigenvalue weighted by Gasteiger charge is -2.14. The highest BCUT2D eigenvalue weighted by Crippen LogP contribution is 2.12. The van der Waals surface area contributed by atoms with Crippen LogP contribution in [0.1, 0.15) is 52.4 Å². The lowest BCUT2D eigenvalue weighted by Crippen LogP contribution is -2.25. The monoisotopic (exact) mass is 202 g/mol. The van der Waals surface area contributed by atoms with E-state index in [0.29, 0.717) is 6.42 Å². The standard InChI is InChI=1S/C11H22O3/c1-3-4-5-6-7-8-10(12)9(2)11(13)14/h9-10,12H,3-8H2,1-2H3,(H,13,14)/t9-,10+/m0/s1. The first-order valence-electron chi connectivity index (χ1n) is 5.50. The van der Waals surface area contributed by atoms with Gasteiger partial charge in [0.15, 0.2) is 0 Å². The van der Waals surface area contributed by atoms with Crippen molar-refractivity contribution < 1.29 is 15.0 Å². The number of carbonyl (C=O) groups is 1. The van der Waals surface area contributed by atoms with E-state index in [-0.39, 0.29) is 0 Å². The van der Waals surface area contributed by atoms with Crippen molar-refractivity contribution >= 4 is 5.97 Å². The minimum atomic E-state index is -0.911. The lowest BCUT2D eigenvalue weighted by molar-refractivity contribution is -0.144. The molecule has 0 aliphatic heterocycles. The first kappa shape index (κ1) is 13.4. The van der Waals surface area contributed by atoms with E-state index in [9.17, 15) is 9.90 Å². The van der Waals surface area contributed by atoms with Crippen LogP contribution in [0.3, 0.4) is 0 Å². The first-order chi connectivity index (χ1) is 6.59. The molecule has 2 atom stereocenters. The zero-order chi connectivity index (χ0) is 11.0. The van der Waals surface area contributed by atoms with Gasteiger partial charge in [-0.15, -0.1) is 0 Å². The van der Waals surface area contributed by atoms with Crippen molar-refractivity contribution in [3.63, 3.8) is 0 Å². The van der Waals surface area contributed by atoms with Crippen molar-refractivity contribution in [3.8, 4) is 0 Å². The van der Waals surface area contributed by atoms with Crippen molar-refractivity contribution in [2.45, 2.75) is 58.5 Å². The molecule has 14 heavy (non-hydrogen) atoms. The highest BCUT2D eigenvalue weighted by Gasteiger charge is 2.20. The van der Waals surface area contributed by atoms with Crippen LogP contribution < -0.4 is 0 Å². The summed E-state index contributed by atoms with van der Waals surface area (Å²) in [6, 6.07) is 0. The van der Waals surface area contributed by atoms with Gasteiger partial charge >= 0.3 is 5.97 Å². The third-order valence-corrected chi connectivity index (χ3v) is 2.57. The number of rotatable bonds is 8. The molecule has 0 aromatic heterocycles. The van der Waals surface area contributed by atoms with E-state index in [2.05, 4.69) is 6.92 Å². The summed E-state index contributed by atoms with van der Waals surface area (Å²) < 4.78 is 0. The Kier molecular flexibility index (Phi) is 7.48. The fourth-order valence-electron chi connectivity index (χ4n) is 1.37. The summed E-state index contributed by atoms with van der Waals surface area (Å²) in [5, 5.41) is 18.1. The molecule has 0 fully saturated rings. The molecule has 0 saturated heterocycles. The Balaban J connectivity index is 3.43. The predicted molar refractivity (Wildman–Crippen MR) is 56.2 cm³/mol. The number of unbranched alkanes of at least 4 members (excludes halogenated alkanes) is 4. The van der Waals surface area contributed by atoms with E-state index in [1.165, 1.54) is 19.3 Å². The van der Waals surface area contributed by atoms with E-state index in [1.807, 2.05) is 0 Å². The van der Waals surface area contributed by atoms with Crippen LogP contribution in [-0.4, -0.2) is 22.3 Å².